The Morgan fingerprint density at radius 1 is 1.44 bits per heavy atom. The quantitative estimate of drug-likeness (QED) is 0.887. The van der Waals surface area contributed by atoms with Gasteiger partial charge in [-0.05, 0) is 44.9 Å². The summed E-state index contributed by atoms with van der Waals surface area (Å²) in [7, 11) is 2.08. The number of aromatic nitrogens is 1. The standard InChI is InChI=1S/C15H22N2O/c1-10-12(7-9-18-10)15(16-2)13-6-5-11-4-3-8-17-14(11)13/h3-4,8,10,12-13,15-16H,5-7,9H2,1-2H3. The van der Waals surface area contributed by atoms with E-state index in [1.807, 2.05) is 6.20 Å². The Balaban J connectivity index is 1.85. The number of ether oxygens (including phenoxy) is 1. The first-order valence-electron chi connectivity index (χ1n) is 7.04. The van der Waals surface area contributed by atoms with E-state index in [9.17, 15) is 0 Å². The van der Waals surface area contributed by atoms with E-state index < -0.39 is 0 Å². The van der Waals surface area contributed by atoms with E-state index in [0.29, 0.717) is 24.0 Å². The third-order valence-corrected chi connectivity index (χ3v) is 4.66. The van der Waals surface area contributed by atoms with Crippen molar-refractivity contribution in [3.8, 4) is 0 Å². The monoisotopic (exact) mass is 246 g/mol. The van der Waals surface area contributed by atoms with Gasteiger partial charge in [-0.2, -0.15) is 0 Å². The number of pyridine rings is 1. The first-order chi connectivity index (χ1) is 8.81. The number of hydrogen-bond donors (Lipinski definition) is 1. The Hall–Kier alpha value is -0.930. The van der Waals surface area contributed by atoms with Crippen molar-refractivity contribution >= 4 is 0 Å². The number of aryl methyl sites for hydroxylation is 1. The molecule has 3 heteroatoms. The van der Waals surface area contributed by atoms with Gasteiger partial charge in [0.2, 0.25) is 0 Å². The number of nitrogens with zero attached hydrogens (tertiary/aromatic N) is 1. The van der Waals surface area contributed by atoms with Gasteiger partial charge in [0.1, 0.15) is 0 Å². The molecule has 0 spiro atoms. The number of fused-ring (bicyclic) bond motifs is 1. The van der Waals surface area contributed by atoms with Crippen LogP contribution in [0.25, 0.3) is 0 Å². The second-order valence-corrected chi connectivity index (χ2v) is 5.54. The molecule has 4 atom stereocenters. The van der Waals surface area contributed by atoms with E-state index in [-0.39, 0.29) is 0 Å². The van der Waals surface area contributed by atoms with Crippen molar-refractivity contribution in [2.75, 3.05) is 13.7 Å². The molecule has 1 aliphatic carbocycles. The van der Waals surface area contributed by atoms with E-state index in [4.69, 9.17) is 4.74 Å². The zero-order chi connectivity index (χ0) is 12.5. The SMILES string of the molecule is CNC(C1CCc2cccnc21)C1CCOC1C. The van der Waals surface area contributed by atoms with Crippen LogP contribution in [-0.4, -0.2) is 30.8 Å². The third-order valence-electron chi connectivity index (χ3n) is 4.66. The Labute approximate surface area is 109 Å². The zero-order valence-electron chi connectivity index (χ0n) is 11.2. The van der Waals surface area contributed by atoms with Crippen LogP contribution < -0.4 is 5.32 Å². The molecule has 1 saturated heterocycles. The molecular formula is C15H22N2O. The summed E-state index contributed by atoms with van der Waals surface area (Å²) < 4.78 is 5.74. The molecule has 4 unspecified atom stereocenters. The summed E-state index contributed by atoms with van der Waals surface area (Å²) in [5, 5.41) is 3.54. The van der Waals surface area contributed by atoms with Crippen LogP contribution in [0, 0.1) is 5.92 Å². The van der Waals surface area contributed by atoms with Gasteiger partial charge in [-0.25, -0.2) is 0 Å². The lowest BCUT2D eigenvalue weighted by Gasteiger charge is -2.30. The van der Waals surface area contributed by atoms with Crippen LogP contribution in [0.5, 0.6) is 0 Å². The third kappa shape index (κ3) is 1.95. The summed E-state index contributed by atoms with van der Waals surface area (Å²) in [6.07, 6.45) is 5.87. The maximum absolute atomic E-state index is 5.74. The van der Waals surface area contributed by atoms with Gasteiger partial charge < -0.3 is 10.1 Å². The van der Waals surface area contributed by atoms with Gasteiger partial charge in [-0.3, -0.25) is 4.98 Å². The highest BCUT2D eigenvalue weighted by Gasteiger charge is 2.39. The first kappa shape index (κ1) is 12.1. The zero-order valence-corrected chi connectivity index (χ0v) is 11.2. The van der Waals surface area contributed by atoms with Crippen molar-refractivity contribution < 1.29 is 4.74 Å². The molecule has 2 heterocycles. The lowest BCUT2D eigenvalue weighted by Crippen LogP contribution is -2.41. The molecule has 0 aromatic carbocycles. The summed E-state index contributed by atoms with van der Waals surface area (Å²) in [5.74, 6) is 1.17. The molecule has 1 aliphatic heterocycles. The van der Waals surface area contributed by atoms with Crippen LogP contribution in [-0.2, 0) is 11.2 Å². The van der Waals surface area contributed by atoms with Gasteiger partial charge >= 0.3 is 0 Å². The molecule has 3 rings (SSSR count). The lowest BCUT2D eigenvalue weighted by molar-refractivity contribution is 0.0926. The van der Waals surface area contributed by atoms with Crippen molar-refractivity contribution in [2.45, 2.75) is 44.2 Å². The molecule has 0 bridgehead atoms. The number of hydrogen-bond acceptors (Lipinski definition) is 3. The van der Waals surface area contributed by atoms with E-state index in [0.717, 1.165) is 6.61 Å². The van der Waals surface area contributed by atoms with E-state index in [1.54, 1.807) is 0 Å². The molecule has 98 valence electrons. The van der Waals surface area contributed by atoms with Crippen molar-refractivity contribution in [1.29, 1.82) is 0 Å². The maximum Gasteiger partial charge on any atom is 0.0591 e. The van der Waals surface area contributed by atoms with Crippen molar-refractivity contribution in [1.82, 2.24) is 10.3 Å². The average molecular weight is 246 g/mol. The van der Waals surface area contributed by atoms with E-state index in [2.05, 4.69) is 36.4 Å². The van der Waals surface area contributed by atoms with Crippen LogP contribution >= 0.6 is 0 Å². The Bertz CT molecular complexity index is 421. The van der Waals surface area contributed by atoms with Gasteiger partial charge in [0.05, 0.1) is 6.10 Å². The highest BCUT2D eigenvalue weighted by molar-refractivity contribution is 5.30. The minimum absolute atomic E-state index is 0.371. The number of nitrogens with one attached hydrogen (secondary N) is 1. The van der Waals surface area contributed by atoms with Crippen LogP contribution in [0.2, 0.25) is 0 Å². The molecule has 1 aromatic heterocycles. The van der Waals surface area contributed by atoms with Gasteiger partial charge in [-0.1, -0.05) is 6.07 Å². The Kier molecular flexibility index (Phi) is 3.35. The summed E-state index contributed by atoms with van der Waals surface area (Å²) >= 11 is 0. The van der Waals surface area contributed by atoms with Crippen LogP contribution in [0.3, 0.4) is 0 Å². The van der Waals surface area contributed by atoms with Crippen LogP contribution in [0.4, 0.5) is 0 Å². The van der Waals surface area contributed by atoms with Crippen molar-refractivity contribution in [2.24, 2.45) is 5.92 Å². The number of likely N-dealkylation sites (N-methyl/N-ethyl adjacent to an activating group) is 1. The maximum atomic E-state index is 5.74. The molecule has 1 aromatic rings. The van der Waals surface area contributed by atoms with Gasteiger partial charge in [0.25, 0.3) is 0 Å². The summed E-state index contributed by atoms with van der Waals surface area (Å²) in [4.78, 5) is 4.63. The van der Waals surface area contributed by atoms with E-state index in [1.165, 1.54) is 30.5 Å². The molecule has 18 heavy (non-hydrogen) atoms. The fraction of sp³-hybridized carbons (Fsp3) is 0.667. The minimum atomic E-state index is 0.371. The van der Waals surface area contributed by atoms with Crippen molar-refractivity contribution in [3.63, 3.8) is 0 Å². The van der Waals surface area contributed by atoms with Crippen molar-refractivity contribution in [3.05, 3.63) is 29.6 Å². The van der Waals surface area contributed by atoms with Crippen LogP contribution in [0.1, 0.15) is 36.9 Å². The largest absolute Gasteiger partial charge is 0.378 e. The molecule has 3 nitrogen and oxygen atoms in total. The average Bonchev–Trinajstić information content (AvgIpc) is 2.99. The molecule has 0 amide bonds. The second kappa shape index (κ2) is 4.98. The minimum Gasteiger partial charge on any atom is -0.378 e. The first-order valence-corrected chi connectivity index (χ1v) is 7.04. The normalized spacial score (nSPS) is 32.4. The predicted octanol–water partition coefficient (Wildman–Crippen LogP) is 2.12. The lowest BCUT2D eigenvalue weighted by atomic mass is 9.83. The Morgan fingerprint density at radius 2 is 2.33 bits per heavy atom. The highest BCUT2D eigenvalue weighted by Crippen LogP contribution is 2.39. The number of rotatable bonds is 3. The van der Waals surface area contributed by atoms with Gasteiger partial charge in [-0.15, -0.1) is 0 Å². The second-order valence-electron chi connectivity index (χ2n) is 5.54. The Morgan fingerprint density at radius 3 is 3.06 bits per heavy atom. The summed E-state index contributed by atoms with van der Waals surface area (Å²) in [6, 6.07) is 4.78. The fourth-order valence-corrected chi connectivity index (χ4v) is 3.73. The molecule has 1 fully saturated rings. The van der Waals surface area contributed by atoms with Gasteiger partial charge in [0, 0.05) is 36.4 Å². The van der Waals surface area contributed by atoms with E-state index >= 15 is 0 Å². The predicted molar refractivity (Wildman–Crippen MR) is 71.7 cm³/mol. The van der Waals surface area contributed by atoms with Crippen LogP contribution in [0.15, 0.2) is 18.3 Å². The smallest absolute Gasteiger partial charge is 0.0591 e. The summed E-state index contributed by atoms with van der Waals surface area (Å²) in [5.41, 5.74) is 2.75. The molecule has 0 saturated carbocycles. The molecule has 1 N–H and O–H groups in total. The fourth-order valence-electron chi connectivity index (χ4n) is 3.73. The molecule has 0 radical (unpaired) electrons. The summed E-state index contributed by atoms with van der Waals surface area (Å²) in [6.45, 7) is 3.11. The topological polar surface area (TPSA) is 34.2 Å². The molecule has 2 aliphatic rings. The molecular weight excluding hydrogens is 224 g/mol. The van der Waals surface area contributed by atoms with Gasteiger partial charge in [0.15, 0.2) is 0 Å². The highest BCUT2D eigenvalue weighted by atomic mass is 16.5.